The minimum absolute atomic E-state index is 0.260. The monoisotopic (exact) mass is 260 g/mol. The van der Waals surface area contributed by atoms with Crippen molar-refractivity contribution in [2.45, 2.75) is 51.6 Å². The summed E-state index contributed by atoms with van der Waals surface area (Å²) in [5.74, 6) is 0.266. The average molecular weight is 260 g/mol. The van der Waals surface area contributed by atoms with Crippen molar-refractivity contribution >= 4 is 5.91 Å². The normalized spacial score (nSPS) is 23.4. The van der Waals surface area contributed by atoms with Gasteiger partial charge < -0.3 is 10.6 Å². The fraction of sp³-hybridized carbons (Fsp3) is 0.562. The van der Waals surface area contributed by atoms with E-state index in [-0.39, 0.29) is 18.0 Å². The second-order valence-electron chi connectivity index (χ2n) is 5.65. The van der Waals surface area contributed by atoms with Gasteiger partial charge in [-0.3, -0.25) is 4.79 Å². The van der Waals surface area contributed by atoms with Crippen molar-refractivity contribution in [1.82, 2.24) is 4.90 Å². The summed E-state index contributed by atoms with van der Waals surface area (Å²) < 4.78 is 0. The summed E-state index contributed by atoms with van der Waals surface area (Å²) in [5.41, 5.74) is 8.48. The topological polar surface area (TPSA) is 46.3 Å². The second kappa shape index (κ2) is 6.20. The SMILES string of the molecule is Cc1ccccc1CCC(=O)N1CCC(N)CC1C. The van der Waals surface area contributed by atoms with E-state index in [1.54, 1.807) is 0 Å². The van der Waals surface area contributed by atoms with Gasteiger partial charge >= 0.3 is 0 Å². The Morgan fingerprint density at radius 3 is 2.84 bits per heavy atom. The van der Waals surface area contributed by atoms with Crippen LogP contribution >= 0.6 is 0 Å². The maximum Gasteiger partial charge on any atom is 0.223 e. The van der Waals surface area contributed by atoms with Gasteiger partial charge in [0.1, 0.15) is 0 Å². The highest BCUT2D eigenvalue weighted by Gasteiger charge is 2.26. The zero-order valence-corrected chi connectivity index (χ0v) is 11.9. The highest BCUT2D eigenvalue weighted by Crippen LogP contribution is 2.18. The Morgan fingerprint density at radius 2 is 2.16 bits per heavy atom. The summed E-state index contributed by atoms with van der Waals surface area (Å²) in [7, 11) is 0. The molecular weight excluding hydrogens is 236 g/mol. The maximum absolute atomic E-state index is 12.3. The van der Waals surface area contributed by atoms with Gasteiger partial charge in [-0.15, -0.1) is 0 Å². The number of carbonyl (C=O) groups excluding carboxylic acids is 1. The molecule has 1 heterocycles. The van der Waals surface area contributed by atoms with Crippen LogP contribution in [-0.4, -0.2) is 29.4 Å². The number of amides is 1. The lowest BCUT2D eigenvalue weighted by Crippen LogP contribution is -2.48. The van der Waals surface area contributed by atoms with Crippen LogP contribution in [-0.2, 0) is 11.2 Å². The maximum atomic E-state index is 12.3. The fourth-order valence-corrected chi connectivity index (χ4v) is 2.85. The van der Waals surface area contributed by atoms with Gasteiger partial charge in [-0.25, -0.2) is 0 Å². The van der Waals surface area contributed by atoms with Crippen LogP contribution in [0.25, 0.3) is 0 Å². The number of piperidine rings is 1. The van der Waals surface area contributed by atoms with Crippen molar-refractivity contribution in [2.24, 2.45) is 5.73 Å². The zero-order valence-electron chi connectivity index (χ0n) is 11.9. The summed E-state index contributed by atoms with van der Waals surface area (Å²) in [4.78, 5) is 14.3. The molecule has 2 rings (SSSR count). The molecule has 0 aromatic heterocycles. The van der Waals surface area contributed by atoms with E-state index >= 15 is 0 Å². The Bertz CT molecular complexity index is 444. The molecule has 0 aliphatic carbocycles. The lowest BCUT2D eigenvalue weighted by Gasteiger charge is -2.36. The molecule has 2 unspecified atom stereocenters. The van der Waals surface area contributed by atoms with Crippen LogP contribution < -0.4 is 5.73 Å². The summed E-state index contributed by atoms with van der Waals surface area (Å²) >= 11 is 0. The Hall–Kier alpha value is -1.35. The Labute approximate surface area is 115 Å². The molecular formula is C16H24N2O. The largest absolute Gasteiger partial charge is 0.340 e. The quantitative estimate of drug-likeness (QED) is 0.906. The van der Waals surface area contributed by atoms with Crippen molar-refractivity contribution < 1.29 is 4.79 Å². The predicted octanol–water partition coefficient (Wildman–Crippen LogP) is 2.27. The van der Waals surface area contributed by atoms with Gasteiger partial charge in [0.25, 0.3) is 0 Å². The van der Waals surface area contributed by atoms with E-state index in [0.29, 0.717) is 6.42 Å². The summed E-state index contributed by atoms with van der Waals surface area (Å²) in [6, 6.07) is 8.83. The van der Waals surface area contributed by atoms with Gasteiger partial charge in [0, 0.05) is 25.0 Å². The van der Waals surface area contributed by atoms with Crippen LogP contribution in [0.2, 0.25) is 0 Å². The van der Waals surface area contributed by atoms with Crippen molar-refractivity contribution in [3.05, 3.63) is 35.4 Å². The van der Waals surface area contributed by atoms with Gasteiger partial charge in [-0.2, -0.15) is 0 Å². The average Bonchev–Trinajstić information content (AvgIpc) is 2.37. The first-order chi connectivity index (χ1) is 9.08. The first-order valence-corrected chi connectivity index (χ1v) is 7.17. The van der Waals surface area contributed by atoms with Gasteiger partial charge in [0.15, 0.2) is 0 Å². The third-order valence-electron chi connectivity index (χ3n) is 4.11. The molecule has 1 fully saturated rings. The van der Waals surface area contributed by atoms with Crippen LogP contribution in [0, 0.1) is 6.92 Å². The molecule has 19 heavy (non-hydrogen) atoms. The number of nitrogens with zero attached hydrogens (tertiary/aromatic N) is 1. The molecule has 1 aromatic rings. The summed E-state index contributed by atoms with van der Waals surface area (Å²) in [6.45, 7) is 5.02. The van der Waals surface area contributed by atoms with E-state index in [9.17, 15) is 4.79 Å². The van der Waals surface area contributed by atoms with Crippen LogP contribution in [0.4, 0.5) is 0 Å². The lowest BCUT2D eigenvalue weighted by molar-refractivity contribution is -0.134. The number of hydrogen-bond donors (Lipinski definition) is 1. The molecule has 1 aliphatic rings. The lowest BCUT2D eigenvalue weighted by atomic mass is 9.98. The molecule has 1 amide bonds. The Morgan fingerprint density at radius 1 is 1.42 bits per heavy atom. The van der Waals surface area contributed by atoms with E-state index in [4.69, 9.17) is 5.73 Å². The standard InChI is InChI=1S/C16H24N2O/c1-12-5-3-4-6-14(12)7-8-16(19)18-10-9-15(17)11-13(18)2/h3-6,13,15H,7-11,17H2,1-2H3. The Kier molecular flexibility index (Phi) is 4.59. The number of likely N-dealkylation sites (tertiary alicyclic amines) is 1. The number of hydrogen-bond acceptors (Lipinski definition) is 2. The Balaban J connectivity index is 1.89. The van der Waals surface area contributed by atoms with Crippen LogP contribution in [0.3, 0.4) is 0 Å². The second-order valence-corrected chi connectivity index (χ2v) is 5.65. The molecule has 0 bridgehead atoms. The third-order valence-corrected chi connectivity index (χ3v) is 4.11. The minimum Gasteiger partial charge on any atom is -0.340 e. The number of aryl methyl sites for hydroxylation is 2. The molecule has 1 aromatic carbocycles. The molecule has 0 saturated carbocycles. The molecule has 3 nitrogen and oxygen atoms in total. The molecule has 1 saturated heterocycles. The van der Waals surface area contributed by atoms with Crippen LogP contribution in [0.5, 0.6) is 0 Å². The molecule has 2 atom stereocenters. The zero-order chi connectivity index (χ0) is 13.8. The summed E-state index contributed by atoms with van der Waals surface area (Å²) in [5, 5.41) is 0. The minimum atomic E-state index is 0.260. The van der Waals surface area contributed by atoms with Crippen molar-refractivity contribution in [3.8, 4) is 0 Å². The number of nitrogens with two attached hydrogens (primary N) is 1. The van der Waals surface area contributed by atoms with Gasteiger partial charge in [0.2, 0.25) is 5.91 Å². The number of benzene rings is 1. The van der Waals surface area contributed by atoms with Gasteiger partial charge in [0.05, 0.1) is 0 Å². The first kappa shape index (κ1) is 14.1. The van der Waals surface area contributed by atoms with Gasteiger partial charge in [-0.05, 0) is 44.2 Å². The fourth-order valence-electron chi connectivity index (χ4n) is 2.85. The predicted molar refractivity (Wildman–Crippen MR) is 77.9 cm³/mol. The highest BCUT2D eigenvalue weighted by molar-refractivity contribution is 5.77. The number of rotatable bonds is 3. The third kappa shape index (κ3) is 3.57. The van der Waals surface area contributed by atoms with Crippen molar-refractivity contribution in [1.29, 1.82) is 0 Å². The first-order valence-electron chi connectivity index (χ1n) is 7.17. The molecule has 3 heteroatoms. The van der Waals surface area contributed by atoms with Crippen molar-refractivity contribution in [3.63, 3.8) is 0 Å². The molecule has 0 spiro atoms. The van der Waals surface area contributed by atoms with Gasteiger partial charge in [-0.1, -0.05) is 24.3 Å². The molecule has 0 radical (unpaired) electrons. The molecule has 2 N–H and O–H groups in total. The van der Waals surface area contributed by atoms with Crippen LogP contribution in [0.15, 0.2) is 24.3 Å². The van der Waals surface area contributed by atoms with E-state index in [2.05, 4.69) is 26.0 Å². The summed E-state index contributed by atoms with van der Waals surface area (Å²) in [6.07, 6.45) is 3.29. The highest BCUT2D eigenvalue weighted by atomic mass is 16.2. The smallest absolute Gasteiger partial charge is 0.223 e. The number of carbonyl (C=O) groups is 1. The van der Waals surface area contributed by atoms with E-state index in [0.717, 1.165) is 25.8 Å². The molecule has 104 valence electrons. The van der Waals surface area contributed by atoms with Crippen LogP contribution in [0.1, 0.15) is 37.3 Å². The van der Waals surface area contributed by atoms with E-state index in [1.807, 2.05) is 17.0 Å². The van der Waals surface area contributed by atoms with E-state index in [1.165, 1.54) is 11.1 Å². The molecule has 1 aliphatic heterocycles. The van der Waals surface area contributed by atoms with E-state index < -0.39 is 0 Å². The van der Waals surface area contributed by atoms with Crippen molar-refractivity contribution in [2.75, 3.05) is 6.54 Å².